The highest BCUT2D eigenvalue weighted by Gasteiger charge is 2.56. The molecule has 0 radical (unpaired) electrons. The number of fused-ring (bicyclic) bond motifs is 1. The summed E-state index contributed by atoms with van der Waals surface area (Å²) in [7, 11) is 1.36. The summed E-state index contributed by atoms with van der Waals surface area (Å²) in [4.78, 5) is 74.3. The molecule has 2 bridgehead atoms. The fraction of sp³-hybridized carbons (Fsp3) is 0.647. The van der Waals surface area contributed by atoms with Crippen LogP contribution in [0.15, 0.2) is 29.4 Å². The van der Waals surface area contributed by atoms with Gasteiger partial charge in [0.15, 0.2) is 5.60 Å². The highest BCUT2D eigenvalue weighted by molar-refractivity contribution is 6.38. The van der Waals surface area contributed by atoms with E-state index in [0.717, 1.165) is 17.9 Å². The maximum atomic E-state index is 14.5. The standard InChI is InChI=1S/C34H46ClN5O6/c1-6-8-24(28(42)31(44)36-5)37-30(43)26-17-34(16-25(39-46-34)20-9-7-10-23(35)14-20)18-40(26)32(45)29(33(2,3)4)38-27(41)15-22-13-19-11-21(22)12-19/h7,9-10,14,19,21-22,24,26,29H,6,8,11-13,15-18H2,1-5H3,(H,36,44)(H,37,43)(H,38,41)/t19?,21?,22?,24-,26-,29+,34+/m0/s1. The zero-order valence-corrected chi connectivity index (χ0v) is 28.1. The van der Waals surface area contributed by atoms with Crippen molar-refractivity contribution in [1.82, 2.24) is 20.9 Å². The summed E-state index contributed by atoms with van der Waals surface area (Å²) in [5.74, 6) is -1.03. The molecule has 12 heteroatoms. The van der Waals surface area contributed by atoms with Crippen LogP contribution in [0.3, 0.4) is 0 Å². The van der Waals surface area contributed by atoms with Crippen LogP contribution in [0.5, 0.6) is 0 Å². The Kier molecular flexibility index (Phi) is 9.82. The van der Waals surface area contributed by atoms with Gasteiger partial charge in [-0.1, -0.05) is 63.0 Å². The van der Waals surface area contributed by atoms with E-state index in [4.69, 9.17) is 16.4 Å². The number of rotatable bonds is 11. The molecule has 1 unspecified atom stereocenters. The largest absolute Gasteiger partial charge is 0.387 e. The van der Waals surface area contributed by atoms with Gasteiger partial charge in [0.25, 0.3) is 5.91 Å². The lowest BCUT2D eigenvalue weighted by Gasteiger charge is -2.36. The average Bonchev–Trinajstić information content (AvgIpc) is 3.77. The van der Waals surface area contributed by atoms with Crippen LogP contribution >= 0.6 is 11.6 Å². The molecule has 3 saturated carbocycles. The van der Waals surface area contributed by atoms with Crippen LogP contribution in [0, 0.1) is 23.2 Å². The number of oxime groups is 1. The minimum atomic E-state index is -1.05. The minimum Gasteiger partial charge on any atom is -0.387 e. The predicted octanol–water partition coefficient (Wildman–Crippen LogP) is 3.37. The van der Waals surface area contributed by atoms with Crippen molar-refractivity contribution in [2.24, 2.45) is 28.3 Å². The molecule has 1 aromatic rings. The Hall–Kier alpha value is -3.47. The van der Waals surface area contributed by atoms with Crippen molar-refractivity contribution >= 4 is 46.7 Å². The molecule has 46 heavy (non-hydrogen) atoms. The van der Waals surface area contributed by atoms with Crippen molar-refractivity contribution < 1.29 is 28.8 Å². The molecular weight excluding hydrogens is 610 g/mol. The second kappa shape index (κ2) is 13.3. The third-order valence-corrected chi connectivity index (χ3v) is 10.3. The summed E-state index contributed by atoms with van der Waals surface area (Å²) in [5, 5.41) is 13.0. The monoisotopic (exact) mass is 655 g/mol. The summed E-state index contributed by atoms with van der Waals surface area (Å²) in [5.41, 5.74) is -0.248. The molecule has 2 aliphatic heterocycles. The second-order valence-electron chi connectivity index (χ2n) is 14.6. The molecule has 2 heterocycles. The number of likely N-dealkylation sites (N-methyl/N-ethyl adjacent to an activating group) is 1. The van der Waals surface area contributed by atoms with Crippen molar-refractivity contribution in [3.63, 3.8) is 0 Å². The zero-order valence-electron chi connectivity index (χ0n) is 27.4. The van der Waals surface area contributed by atoms with Crippen LogP contribution in [-0.2, 0) is 28.8 Å². The summed E-state index contributed by atoms with van der Waals surface area (Å²) in [6.07, 6.45) is 5.06. The maximum Gasteiger partial charge on any atom is 0.289 e. The lowest BCUT2D eigenvalue weighted by atomic mass is 9.81. The molecule has 3 aliphatic carbocycles. The Morgan fingerprint density at radius 2 is 1.87 bits per heavy atom. The summed E-state index contributed by atoms with van der Waals surface area (Å²) < 4.78 is 0. The van der Waals surface area contributed by atoms with E-state index < -0.39 is 52.6 Å². The number of nitrogens with zero attached hydrogens (tertiary/aromatic N) is 2. The number of Topliss-reactive ketones (excluding diaryl/α,β-unsaturated/α-hetero) is 1. The van der Waals surface area contributed by atoms with Gasteiger partial charge in [0.2, 0.25) is 23.5 Å². The first-order chi connectivity index (χ1) is 21.7. The van der Waals surface area contributed by atoms with Gasteiger partial charge in [-0.2, -0.15) is 0 Å². The molecule has 4 fully saturated rings. The van der Waals surface area contributed by atoms with Gasteiger partial charge in [0.05, 0.1) is 18.3 Å². The molecule has 11 nitrogen and oxygen atoms in total. The number of carbonyl (C=O) groups is 5. The summed E-state index contributed by atoms with van der Waals surface area (Å²) >= 11 is 6.23. The topological polar surface area (TPSA) is 146 Å². The first kappa shape index (κ1) is 33.9. The van der Waals surface area contributed by atoms with Gasteiger partial charge < -0.3 is 25.7 Å². The molecule has 4 amide bonds. The lowest BCUT2D eigenvalue weighted by Crippen LogP contribution is -2.59. The molecule has 6 rings (SSSR count). The fourth-order valence-electron chi connectivity index (χ4n) is 7.57. The molecule has 1 spiro atoms. The highest BCUT2D eigenvalue weighted by atomic mass is 35.5. The summed E-state index contributed by atoms with van der Waals surface area (Å²) in [6, 6.07) is 4.24. The number of carbonyl (C=O) groups excluding carboxylic acids is 5. The quantitative estimate of drug-likeness (QED) is 0.312. The first-order valence-electron chi connectivity index (χ1n) is 16.4. The van der Waals surface area contributed by atoms with Gasteiger partial charge in [-0.3, -0.25) is 24.0 Å². The van der Waals surface area contributed by atoms with E-state index in [1.165, 1.54) is 24.8 Å². The Morgan fingerprint density at radius 3 is 2.48 bits per heavy atom. The van der Waals surface area contributed by atoms with E-state index in [2.05, 4.69) is 21.1 Å². The number of hydrogen-bond acceptors (Lipinski definition) is 7. The van der Waals surface area contributed by atoms with E-state index >= 15 is 0 Å². The van der Waals surface area contributed by atoms with E-state index in [0.29, 0.717) is 41.8 Å². The molecule has 250 valence electrons. The molecule has 3 N–H and O–H groups in total. The van der Waals surface area contributed by atoms with Gasteiger partial charge in [-0.25, -0.2) is 0 Å². The van der Waals surface area contributed by atoms with Crippen molar-refractivity contribution in [2.75, 3.05) is 13.6 Å². The maximum absolute atomic E-state index is 14.5. The number of amides is 4. The summed E-state index contributed by atoms with van der Waals surface area (Å²) in [6.45, 7) is 7.55. The van der Waals surface area contributed by atoms with Crippen LogP contribution in [0.4, 0.5) is 0 Å². The molecule has 5 aliphatic rings. The van der Waals surface area contributed by atoms with Crippen LogP contribution < -0.4 is 16.0 Å². The Bertz CT molecular complexity index is 1420. The van der Waals surface area contributed by atoms with E-state index in [9.17, 15) is 24.0 Å². The average molecular weight is 656 g/mol. The first-order valence-corrected chi connectivity index (χ1v) is 16.8. The molecule has 0 aromatic heterocycles. The number of ketones is 1. The normalized spacial score (nSPS) is 27.7. The third-order valence-electron chi connectivity index (χ3n) is 10.1. The molecule has 5 atom stereocenters. The number of benzene rings is 1. The van der Waals surface area contributed by atoms with E-state index in [-0.39, 0.29) is 25.3 Å². The van der Waals surface area contributed by atoms with Gasteiger partial charge in [0.1, 0.15) is 12.1 Å². The Balaban J connectivity index is 1.39. The highest BCUT2D eigenvalue weighted by Crippen LogP contribution is 2.53. The lowest BCUT2D eigenvalue weighted by molar-refractivity contribution is -0.145. The zero-order chi connectivity index (χ0) is 33.4. The minimum absolute atomic E-state index is 0.0498. The van der Waals surface area contributed by atoms with Crippen molar-refractivity contribution in [3.8, 4) is 0 Å². The number of hydrogen-bond donors (Lipinski definition) is 3. The fourth-order valence-corrected chi connectivity index (χ4v) is 7.76. The van der Waals surface area contributed by atoms with Gasteiger partial charge in [0, 0.05) is 36.9 Å². The number of halogens is 1. The second-order valence-corrected chi connectivity index (χ2v) is 15.1. The number of likely N-dealkylation sites (tertiary alicyclic amines) is 1. The van der Waals surface area contributed by atoms with Crippen LogP contribution in [-0.4, -0.2) is 77.3 Å². The van der Waals surface area contributed by atoms with Crippen LogP contribution in [0.1, 0.15) is 84.6 Å². The van der Waals surface area contributed by atoms with Crippen LogP contribution in [0.25, 0.3) is 0 Å². The SMILES string of the molecule is CCC[C@H](NC(=O)[C@@H]1C[C@]2(CC(c3cccc(Cl)c3)=NO2)CN1C(=O)[C@@H](NC(=O)CC1CC2CC1C2)C(C)(C)C)C(=O)C(=O)NC. The van der Waals surface area contributed by atoms with Crippen molar-refractivity contribution in [2.45, 2.75) is 103 Å². The van der Waals surface area contributed by atoms with Gasteiger partial charge >= 0.3 is 0 Å². The molecular formula is C34H46ClN5O6. The Labute approximate surface area is 275 Å². The van der Waals surface area contributed by atoms with Gasteiger partial charge in [-0.15, -0.1) is 0 Å². The van der Waals surface area contributed by atoms with Crippen molar-refractivity contribution in [3.05, 3.63) is 34.9 Å². The van der Waals surface area contributed by atoms with Crippen molar-refractivity contribution in [1.29, 1.82) is 0 Å². The smallest absolute Gasteiger partial charge is 0.289 e. The van der Waals surface area contributed by atoms with E-state index in [1.807, 2.05) is 39.8 Å². The number of nitrogens with one attached hydrogen (secondary N) is 3. The third kappa shape index (κ3) is 7.09. The molecule has 1 aromatic carbocycles. The molecule has 1 saturated heterocycles. The predicted molar refractivity (Wildman–Crippen MR) is 173 cm³/mol. The van der Waals surface area contributed by atoms with Crippen LogP contribution in [0.2, 0.25) is 5.02 Å². The van der Waals surface area contributed by atoms with E-state index in [1.54, 1.807) is 12.1 Å². The Morgan fingerprint density at radius 1 is 1.13 bits per heavy atom. The van der Waals surface area contributed by atoms with Gasteiger partial charge in [-0.05, 0) is 61.0 Å².